The van der Waals surface area contributed by atoms with Crippen molar-refractivity contribution in [1.82, 2.24) is 4.98 Å². The fourth-order valence-corrected chi connectivity index (χ4v) is 1.87. The smallest absolute Gasteiger partial charge is 0.449 e. The Morgan fingerprint density at radius 2 is 2.12 bits per heavy atom. The number of hydrogen-bond donors (Lipinski definition) is 0. The van der Waals surface area contributed by atoms with E-state index in [9.17, 15) is 12.9 Å². The van der Waals surface area contributed by atoms with Crippen molar-refractivity contribution >= 4 is 12.7 Å². The average Bonchev–Trinajstić information content (AvgIpc) is 2.67. The molecule has 1 unspecified atom stereocenters. The van der Waals surface area contributed by atoms with E-state index < -0.39 is 12.8 Å². The first-order chi connectivity index (χ1) is 7.07. The summed E-state index contributed by atoms with van der Waals surface area (Å²) in [6.07, 6.45) is 3.43. The number of rotatable bonds is 2. The second-order valence-electron chi connectivity index (χ2n) is 3.83. The Labute approximate surface area is 135 Å². The molecule has 0 radical (unpaired) electrons. The predicted molar refractivity (Wildman–Crippen MR) is 53.9 cm³/mol. The molecule has 2 heterocycles. The summed E-state index contributed by atoms with van der Waals surface area (Å²) >= 11 is 0. The van der Waals surface area contributed by atoms with Crippen LogP contribution in [0.3, 0.4) is 0 Å². The molecule has 1 aromatic heterocycles. The Bertz CT molecular complexity index is 333. The third kappa shape index (κ3) is 3.46. The van der Waals surface area contributed by atoms with Crippen molar-refractivity contribution in [2.75, 3.05) is 18.0 Å². The number of halogens is 3. The Balaban J connectivity index is 0.00000128. The minimum absolute atomic E-state index is 0. The number of pyridine rings is 1. The van der Waals surface area contributed by atoms with Crippen LogP contribution in [-0.2, 0) is 0 Å². The second-order valence-corrected chi connectivity index (χ2v) is 3.83. The van der Waals surface area contributed by atoms with Crippen LogP contribution in [0.1, 0.15) is 6.42 Å². The molecule has 1 aliphatic rings. The van der Waals surface area contributed by atoms with E-state index >= 15 is 0 Å². The molecule has 1 atom stereocenters. The van der Waals surface area contributed by atoms with Crippen LogP contribution in [-0.4, -0.2) is 25.1 Å². The van der Waals surface area contributed by atoms with Crippen LogP contribution in [0.2, 0.25) is 5.82 Å². The van der Waals surface area contributed by atoms with E-state index in [-0.39, 0.29) is 64.4 Å². The molecule has 0 amide bonds. The molecule has 7 heteroatoms. The van der Waals surface area contributed by atoms with E-state index in [2.05, 4.69) is 4.98 Å². The van der Waals surface area contributed by atoms with Crippen LogP contribution in [0.5, 0.6) is 0 Å². The molecular formula is C9H11BF3KN2. The predicted octanol–water partition coefficient (Wildman–Crippen LogP) is -0.487. The first-order valence-electron chi connectivity index (χ1n) is 4.92. The largest absolute Gasteiger partial charge is 1.00 e. The molecule has 16 heavy (non-hydrogen) atoms. The Kier molecular flexibility index (Phi) is 5.31. The average molecular weight is 254 g/mol. The van der Waals surface area contributed by atoms with Crippen LogP contribution < -0.4 is 56.3 Å². The second kappa shape index (κ2) is 5.86. The zero-order valence-electron chi connectivity index (χ0n) is 9.11. The van der Waals surface area contributed by atoms with Gasteiger partial charge in [0.2, 0.25) is 0 Å². The Morgan fingerprint density at radius 3 is 2.62 bits per heavy atom. The van der Waals surface area contributed by atoms with E-state index in [4.69, 9.17) is 0 Å². The van der Waals surface area contributed by atoms with Gasteiger partial charge in [0.1, 0.15) is 0 Å². The van der Waals surface area contributed by atoms with E-state index in [1.165, 1.54) is 0 Å². The monoisotopic (exact) mass is 254 g/mol. The molecule has 1 aromatic rings. The van der Waals surface area contributed by atoms with Crippen LogP contribution in [0.15, 0.2) is 24.5 Å². The molecule has 0 aromatic carbocycles. The maximum atomic E-state index is 12.5. The first-order valence-corrected chi connectivity index (χ1v) is 4.92. The summed E-state index contributed by atoms with van der Waals surface area (Å²) in [5, 5.41) is 0. The van der Waals surface area contributed by atoms with Crippen molar-refractivity contribution in [2.45, 2.75) is 12.2 Å². The van der Waals surface area contributed by atoms with Crippen molar-refractivity contribution in [2.24, 2.45) is 0 Å². The molecule has 0 N–H and O–H groups in total. The third-order valence-electron chi connectivity index (χ3n) is 2.77. The maximum absolute atomic E-state index is 12.5. The molecule has 1 saturated heterocycles. The van der Waals surface area contributed by atoms with Gasteiger partial charge in [0.15, 0.2) is 0 Å². The maximum Gasteiger partial charge on any atom is 1.00 e. The van der Waals surface area contributed by atoms with Gasteiger partial charge in [-0.2, -0.15) is 0 Å². The van der Waals surface area contributed by atoms with Crippen molar-refractivity contribution in [3.63, 3.8) is 0 Å². The number of nitrogens with zero attached hydrogens (tertiary/aromatic N) is 2. The molecule has 0 bridgehead atoms. The van der Waals surface area contributed by atoms with Crippen LogP contribution >= 0.6 is 0 Å². The van der Waals surface area contributed by atoms with Gasteiger partial charge in [-0.15, -0.1) is 0 Å². The molecule has 0 saturated carbocycles. The fourth-order valence-electron chi connectivity index (χ4n) is 1.87. The van der Waals surface area contributed by atoms with Crippen LogP contribution in [0.4, 0.5) is 18.6 Å². The molecule has 0 spiro atoms. The summed E-state index contributed by atoms with van der Waals surface area (Å²) in [5.74, 6) is -1.13. The minimum atomic E-state index is -4.70. The fraction of sp³-hybridized carbons (Fsp3) is 0.444. The number of hydrogen-bond acceptors (Lipinski definition) is 2. The zero-order chi connectivity index (χ0) is 10.9. The van der Waals surface area contributed by atoms with Gasteiger partial charge in [-0.25, -0.2) is 0 Å². The van der Waals surface area contributed by atoms with Gasteiger partial charge >= 0.3 is 58.4 Å². The van der Waals surface area contributed by atoms with Crippen molar-refractivity contribution in [3.05, 3.63) is 24.5 Å². The van der Waals surface area contributed by atoms with Gasteiger partial charge in [0.25, 0.3) is 0 Å². The number of aromatic nitrogens is 1. The van der Waals surface area contributed by atoms with Gasteiger partial charge in [-0.05, 0) is 18.7 Å². The van der Waals surface area contributed by atoms with Crippen molar-refractivity contribution < 1.29 is 64.3 Å². The molecule has 2 rings (SSSR count). The van der Waals surface area contributed by atoms with Crippen molar-refractivity contribution in [1.29, 1.82) is 0 Å². The van der Waals surface area contributed by atoms with Crippen LogP contribution in [0, 0.1) is 0 Å². The normalized spacial score (nSPS) is 20.7. The SMILES string of the molecule is F[B-](F)(F)C1CCN(c2cccnc2)C1.[K+]. The Morgan fingerprint density at radius 1 is 1.38 bits per heavy atom. The standard InChI is InChI=1S/C9H11BF3N2.K/c11-10(12,13)8-3-5-15(7-8)9-2-1-4-14-6-9;/h1-2,4,6,8H,3,5,7H2;/q-1;+1. The molecular weight excluding hydrogens is 243 g/mol. The molecule has 2 nitrogen and oxygen atoms in total. The molecule has 82 valence electrons. The van der Waals surface area contributed by atoms with Crippen molar-refractivity contribution in [3.8, 4) is 0 Å². The third-order valence-corrected chi connectivity index (χ3v) is 2.77. The molecule has 1 aliphatic heterocycles. The topological polar surface area (TPSA) is 16.1 Å². The summed E-state index contributed by atoms with van der Waals surface area (Å²) in [7, 11) is 0. The van der Waals surface area contributed by atoms with Gasteiger partial charge < -0.3 is 17.8 Å². The van der Waals surface area contributed by atoms with E-state index in [1.807, 2.05) is 0 Å². The summed E-state index contributed by atoms with van der Waals surface area (Å²) < 4.78 is 37.4. The van der Waals surface area contributed by atoms with E-state index in [0.717, 1.165) is 5.69 Å². The summed E-state index contributed by atoms with van der Waals surface area (Å²) in [6.45, 7) is -4.15. The van der Waals surface area contributed by atoms with Gasteiger partial charge in [-0.3, -0.25) is 4.98 Å². The van der Waals surface area contributed by atoms with E-state index in [0.29, 0.717) is 6.54 Å². The quantitative estimate of drug-likeness (QED) is 0.662. The van der Waals surface area contributed by atoms with Gasteiger partial charge in [0.05, 0.1) is 11.9 Å². The van der Waals surface area contributed by atoms with Gasteiger partial charge in [0, 0.05) is 12.7 Å². The van der Waals surface area contributed by atoms with E-state index in [1.54, 1.807) is 29.4 Å². The Hall–Kier alpha value is 0.441. The summed E-state index contributed by atoms with van der Waals surface area (Å²) in [4.78, 5) is 5.64. The zero-order valence-corrected chi connectivity index (χ0v) is 12.2. The molecule has 1 fully saturated rings. The first kappa shape index (κ1) is 14.5. The van der Waals surface area contributed by atoms with Gasteiger partial charge in [-0.1, -0.05) is 12.2 Å². The van der Waals surface area contributed by atoms with Crippen LogP contribution in [0.25, 0.3) is 0 Å². The summed E-state index contributed by atoms with van der Waals surface area (Å²) in [6, 6.07) is 3.53. The molecule has 0 aliphatic carbocycles. The number of anilines is 1. The summed E-state index contributed by atoms with van der Waals surface area (Å²) in [5.41, 5.74) is 0.778. The minimum Gasteiger partial charge on any atom is -0.449 e.